The number of benzene rings is 1. The lowest BCUT2D eigenvalue weighted by Crippen LogP contribution is -2.41. The molecule has 1 N–H and O–H groups in total. The zero-order valence-electron chi connectivity index (χ0n) is 12.7. The highest BCUT2D eigenvalue weighted by Gasteiger charge is 2.21. The van der Waals surface area contributed by atoms with Gasteiger partial charge in [-0.05, 0) is 37.6 Å². The molecular formula is C16H22N2O3. The van der Waals surface area contributed by atoms with Gasteiger partial charge < -0.3 is 14.9 Å². The molecule has 0 saturated heterocycles. The number of nitrogens with zero attached hydrogens (tertiary/aromatic N) is 2. The van der Waals surface area contributed by atoms with Crippen molar-refractivity contribution in [3.05, 3.63) is 42.5 Å². The van der Waals surface area contributed by atoms with Crippen molar-refractivity contribution < 1.29 is 14.7 Å². The molecule has 0 heterocycles. The monoisotopic (exact) mass is 290 g/mol. The van der Waals surface area contributed by atoms with Gasteiger partial charge in [0.25, 0.3) is 0 Å². The van der Waals surface area contributed by atoms with Crippen LogP contribution in [0.15, 0.2) is 36.9 Å². The average molecular weight is 290 g/mol. The number of rotatable bonds is 6. The number of hydrogen-bond donors (Lipinski definition) is 1. The second-order valence-electron chi connectivity index (χ2n) is 4.83. The fraction of sp³-hybridized carbons (Fsp3) is 0.375. The molecule has 1 unspecified atom stereocenters. The summed E-state index contributed by atoms with van der Waals surface area (Å²) < 4.78 is 0. The standard InChI is InChI=1S/C16H22N2O3/c1-5-15(20)18(6-2)11-16(21)17(4)12(3)13-8-7-9-14(19)10-13/h5,7-10,12,19H,1,6,11H2,2-4H3. The van der Waals surface area contributed by atoms with Crippen molar-refractivity contribution in [1.29, 1.82) is 0 Å². The van der Waals surface area contributed by atoms with E-state index in [4.69, 9.17) is 0 Å². The molecule has 0 aliphatic carbocycles. The second-order valence-corrected chi connectivity index (χ2v) is 4.83. The maximum Gasteiger partial charge on any atom is 0.246 e. The van der Waals surface area contributed by atoms with Gasteiger partial charge in [-0.25, -0.2) is 0 Å². The smallest absolute Gasteiger partial charge is 0.246 e. The zero-order chi connectivity index (χ0) is 16.0. The Bertz CT molecular complexity index is 528. The lowest BCUT2D eigenvalue weighted by atomic mass is 10.1. The highest BCUT2D eigenvalue weighted by atomic mass is 16.3. The molecule has 0 spiro atoms. The van der Waals surface area contributed by atoms with Gasteiger partial charge in [0.2, 0.25) is 11.8 Å². The van der Waals surface area contributed by atoms with E-state index in [9.17, 15) is 14.7 Å². The molecule has 0 bridgehead atoms. The van der Waals surface area contributed by atoms with Crippen LogP contribution in [0.5, 0.6) is 5.75 Å². The van der Waals surface area contributed by atoms with E-state index >= 15 is 0 Å². The Morgan fingerprint density at radius 1 is 1.43 bits per heavy atom. The van der Waals surface area contributed by atoms with Crippen molar-refractivity contribution in [3.8, 4) is 5.75 Å². The van der Waals surface area contributed by atoms with Gasteiger partial charge in [-0.15, -0.1) is 0 Å². The van der Waals surface area contributed by atoms with Crippen LogP contribution in [0.1, 0.15) is 25.5 Å². The number of carbonyl (C=O) groups excluding carboxylic acids is 2. The Hall–Kier alpha value is -2.30. The van der Waals surface area contributed by atoms with Crippen molar-refractivity contribution >= 4 is 11.8 Å². The molecule has 1 atom stereocenters. The summed E-state index contributed by atoms with van der Waals surface area (Å²) in [5, 5.41) is 9.50. The number of hydrogen-bond acceptors (Lipinski definition) is 3. The first-order valence-electron chi connectivity index (χ1n) is 6.86. The molecule has 2 amide bonds. The van der Waals surface area contributed by atoms with Gasteiger partial charge in [-0.3, -0.25) is 9.59 Å². The lowest BCUT2D eigenvalue weighted by Gasteiger charge is -2.28. The van der Waals surface area contributed by atoms with Crippen LogP contribution >= 0.6 is 0 Å². The van der Waals surface area contributed by atoms with E-state index in [1.807, 2.05) is 19.9 Å². The largest absolute Gasteiger partial charge is 0.508 e. The minimum Gasteiger partial charge on any atom is -0.508 e. The maximum atomic E-state index is 12.3. The zero-order valence-corrected chi connectivity index (χ0v) is 12.7. The summed E-state index contributed by atoms with van der Waals surface area (Å²) in [6.45, 7) is 7.58. The lowest BCUT2D eigenvalue weighted by molar-refractivity contribution is -0.138. The van der Waals surface area contributed by atoms with E-state index < -0.39 is 0 Å². The van der Waals surface area contributed by atoms with Crippen LogP contribution in [0.4, 0.5) is 0 Å². The molecule has 114 valence electrons. The molecule has 0 aliphatic heterocycles. The summed E-state index contributed by atoms with van der Waals surface area (Å²) in [4.78, 5) is 26.9. The Labute approximate surface area is 125 Å². The van der Waals surface area contributed by atoms with E-state index in [1.54, 1.807) is 30.1 Å². The molecule has 0 radical (unpaired) electrons. The summed E-state index contributed by atoms with van der Waals surface area (Å²) in [6, 6.07) is 6.60. The van der Waals surface area contributed by atoms with E-state index in [-0.39, 0.29) is 30.2 Å². The average Bonchev–Trinajstić information content (AvgIpc) is 2.50. The molecule has 5 nitrogen and oxygen atoms in total. The number of likely N-dealkylation sites (N-methyl/N-ethyl adjacent to an activating group) is 2. The van der Waals surface area contributed by atoms with Crippen molar-refractivity contribution in [1.82, 2.24) is 9.80 Å². The molecule has 21 heavy (non-hydrogen) atoms. The maximum absolute atomic E-state index is 12.3. The van der Waals surface area contributed by atoms with Crippen molar-refractivity contribution in [3.63, 3.8) is 0 Å². The highest BCUT2D eigenvalue weighted by molar-refractivity contribution is 5.90. The van der Waals surface area contributed by atoms with Crippen LogP contribution in [-0.4, -0.2) is 46.9 Å². The topological polar surface area (TPSA) is 60.9 Å². The van der Waals surface area contributed by atoms with Crippen LogP contribution in [0.2, 0.25) is 0 Å². The first-order valence-corrected chi connectivity index (χ1v) is 6.86. The van der Waals surface area contributed by atoms with Gasteiger partial charge in [0.05, 0.1) is 6.04 Å². The van der Waals surface area contributed by atoms with E-state index in [1.165, 1.54) is 11.0 Å². The molecule has 5 heteroatoms. The minimum absolute atomic E-state index is 0.0149. The summed E-state index contributed by atoms with van der Waals surface area (Å²) in [6.07, 6.45) is 1.20. The molecule has 0 fully saturated rings. The number of aromatic hydroxyl groups is 1. The normalized spacial score (nSPS) is 11.6. The Balaban J connectivity index is 2.77. The first-order chi connectivity index (χ1) is 9.90. The van der Waals surface area contributed by atoms with Crippen molar-refractivity contribution in [2.24, 2.45) is 0 Å². The third kappa shape index (κ3) is 4.34. The van der Waals surface area contributed by atoms with Crippen molar-refractivity contribution in [2.75, 3.05) is 20.1 Å². The molecule has 1 rings (SSSR count). The van der Waals surface area contributed by atoms with E-state index in [0.717, 1.165) is 5.56 Å². The fourth-order valence-electron chi connectivity index (χ4n) is 1.97. The molecule has 1 aromatic rings. The van der Waals surface area contributed by atoms with E-state index in [0.29, 0.717) is 6.54 Å². The van der Waals surface area contributed by atoms with Crippen LogP contribution in [0.3, 0.4) is 0 Å². The summed E-state index contributed by atoms with van der Waals surface area (Å²) >= 11 is 0. The Kier molecular flexibility index (Phi) is 5.96. The second kappa shape index (κ2) is 7.47. The molecule has 1 aromatic carbocycles. The summed E-state index contributed by atoms with van der Waals surface area (Å²) in [7, 11) is 1.68. The summed E-state index contributed by atoms with van der Waals surface area (Å²) in [5.74, 6) is -0.260. The number of carbonyl (C=O) groups is 2. The van der Waals surface area contributed by atoms with Crippen LogP contribution < -0.4 is 0 Å². The quantitative estimate of drug-likeness (QED) is 0.815. The third-order valence-corrected chi connectivity index (χ3v) is 3.52. The Morgan fingerprint density at radius 2 is 2.10 bits per heavy atom. The molecular weight excluding hydrogens is 268 g/mol. The Morgan fingerprint density at radius 3 is 2.62 bits per heavy atom. The molecule has 0 aromatic heterocycles. The first kappa shape index (κ1) is 16.8. The molecule has 0 aliphatic rings. The van der Waals surface area contributed by atoms with Crippen LogP contribution in [0.25, 0.3) is 0 Å². The van der Waals surface area contributed by atoms with Gasteiger partial charge in [0.15, 0.2) is 0 Å². The minimum atomic E-state index is -0.260. The third-order valence-electron chi connectivity index (χ3n) is 3.52. The number of amides is 2. The van der Waals surface area contributed by atoms with Gasteiger partial charge in [-0.1, -0.05) is 18.7 Å². The predicted molar refractivity (Wildman–Crippen MR) is 81.7 cm³/mol. The van der Waals surface area contributed by atoms with Gasteiger partial charge in [0.1, 0.15) is 12.3 Å². The fourth-order valence-corrected chi connectivity index (χ4v) is 1.97. The van der Waals surface area contributed by atoms with Crippen molar-refractivity contribution in [2.45, 2.75) is 19.9 Å². The van der Waals surface area contributed by atoms with Gasteiger partial charge in [-0.2, -0.15) is 0 Å². The van der Waals surface area contributed by atoms with Crippen LogP contribution in [0, 0.1) is 0 Å². The van der Waals surface area contributed by atoms with Crippen LogP contribution in [-0.2, 0) is 9.59 Å². The number of phenolic OH excluding ortho intramolecular Hbond substituents is 1. The number of phenols is 1. The van der Waals surface area contributed by atoms with E-state index in [2.05, 4.69) is 6.58 Å². The van der Waals surface area contributed by atoms with Gasteiger partial charge >= 0.3 is 0 Å². The molecule has 0 saturated carbocycles. The highest BCUT2D eigenvalue weighted by Crippen LogP contribution is 2.22. The van der Waals surface area contributed by atoms with Gasteiger partial charge in [0, 0.05) is 13.6 Å². The predicted octanol–water partition coefficient (Wildman–Crippen LogP) is 1.95. The SMILES string of the molecule is C=CC(=O)N(CC)CC(=O)N(C)C(C)c1cccc(O)c1. The summed E-state index contributed by atoms with van der Waals surface area (Å²) in [5.41, 5.74) is 0.837.